The number of carbonyl (C=O) groups is 1. The molecule has 9 nitrogen and oxygen atoms in total. The van der Waals surface area contributed by atoms with E-state index in [9.17, 15) is 9.90 Å². The normalized spacial score (nSPS) is 22.5. The van der Waals surface area contributed by atoms with Crippen LogP contribution in [0.25, 0.3) is 22.0 Å². The van der Waals surface area contributed by atoms with Crippen LogP contribution in [-0.4, -0.2) is 44.6 Å². The Morgan fingerprint density at radius 2 is 1.79 bits per heavy atom. The molecule has 7 rings (SSSR count). The average molecular weight is 587 g/mol. The summed E-state index contributed by atoms with van der Waals surface area (Å²) in [6.07, 6.45) is 5.93. The number of hydrogen-bond acceptors (Lipinski definition) is 9. The molecule has 5 heterocycles. The molecular formula is C27H24Cl2N4O5S. The molecule has 4 aromatic rings. The Balaban J connectivity index is 1.07. The Kier molecular flexibility index (Phi) is 6.38. The van der Waals surface area contributed by atoms with Crippen molar-refractivity contribution in [3.63, 3.8) is 0 Å². The van der Waals surface area contributed by atoms with Crippen LogP contribution in [0.4, 0.5) is 6.01 Å². The first-order valence-electron chi connectivity index (χ1n) is 13.0. The third-order valence-electron chi connectivity index (χ3n) is 7.79. The smallest absolute Gasteiger partial charge is 0.345 e. The molecule has 1 aliphatic carbocycles. The number of rotatable bonds is 8. The number of fused-ring (bicyclic) bond motifs is 2. The van der Waals surface area contributed by atoms with Crippen LogP contribution in [0.2, 0.25) is 10.0 Å². The van der Waals surface area contributed by atoms with Gasteiger partial charge in [-0.2, -0.15) is 4.98 Å². The van der Waals surface area contributed by atoms with E-state index in [0.717, 1.165) is 61.2 Å². The van der Waals surface area contributed by atoms with Crippen LogP contribution in [-0.2, 0) is 11.3 Å². The van der Waals surface area contributed by atoms with Gasteiger partial charge < -0.3 is 23.8 Å². The Morgan fingerprint density at radius 3 is 2.46 bits per heavy atom. The molecule has 2 bridgehead atoms. The van der Waals surface area contributed by atoms with Crippen LogP contribution in [0.1, 0.15) is 65.4 Å². The fraction of sp³-hybridized carbons (Fsp3) is 0.407. The minimum atomic E-state index is -0.965. The lowest BCUT2D eigenvalue weighted by Crippen LogP contribution is -2.45. The largest absolute Gasteiger partial charge is 0.477 e. The first kappa shape index (κ1) is 25.1. The first-order chi connectivity index (χ1) is 19.0. The zero-order chi connectivity index (χ0) is 26.7. The van der Waals surface area contributed by atoms with Gasteiger partial charge in [0.25, 0.3) is 0 Å². The third-order valence-corrected chi connectivity index (χ3v) is 9.49. The summed E-state index contributed by atoms with van der Waals surface area (Å²) in [5.41, 5.74) is 2.27. The maximum absolute atomic E-state index is 11.2. The number of piperidine rings is 1. The summed E-state index contributed by atoms with van der Waals surface area (Å²) in [6.45, 7) is 0.380. The van der Waals surface area contributed by atoms with Crippen LogP contribution in [0.3, 0.4) is 0 Å². The second kappa shape index (κ2) is 9.92. The van der Waals surface area contributed by atoms with Crippen LogP contribution < -0.4 is 4.90 Å². The molecule has 1 saturated carbocycles. The highest BCUT2D eigenvalue weighted by molar-refractivity contribution is 7.17. The number of ether oxygens (including phenoxy) is 1. The van der Waals surface area contributed by atoms with Gasteiger partial charge in [-0.25, -0.2) is 4.79 Å². The molecule has 1 N–H and O–H groups in total. The van der Waals surface area contributed by atoms with E-state index in [1.807, 2.05) is 6.07 Å². The van der Waals surface area contributed by atoms with Gasteiger partial charge in [-0.1, -0.05) is 39.6 Å². The Hall–Kier alpha value is -2.92. The van der Waals surface area contributed by atoms with Crippen molar-refractivity contribution in [3.05, 3.63) is 56.6 Å². The number of halogens is 2. The molecule has 39 heavy (non-hydrogen) atoms. The van der Waals surface area contributed by atoms with E-state index in [1.54, 1.807) is 24.3 Å². The van der Waals surface area contributed by atoms with E-state index in [1.165, 1.54) is 0 Å². The van der Waals surface area contributed by atoms with Crippen molar-refractivity contribution < 1.29 is 23.7 Å². The van der Waals surface area contributed by atoms with Crippen molar-refractivity contribution in [1.29, 1.82) is 0 Å². The van der Waals surface area contributed by atoms with Gasteiger partial charge in [0.2, 0.25) is 5.82 Å². The maximum atomic E-state index is 11.2. The maximum Gasteiger partial charge on any atom is 0.345 e. The Morgan fingerprint density at radius 1 is 1.05 bits per heavy atom. The molecule has 0 radical (unpaired) electrons. The fourth-order valence-electron chi connectivity index (χ4n) is 5.82. The summed E-state index contributed by atoms with van der Waals surface area (Å²) < 4.78 is 17.9. The summed E-state index contributed by atoms with van der Waals surface area (Å²) in [4.78, 5) is 19.0. The highest BCUT2D eigenvalue weighted by Crippen LogP contribution is 2.47. The molecule has 202 valence electrons. The van der Waals surface area contributed by atoms with Gasteiger partial charge in [0.05, 0.1) is 27.6 Å². The van der Waals surface area contributed by atoms with E-state index < -0.39 is 5.97 Å². The van der Waals surface area contributed by atoms with Gasteiger partial charge >= 0.3 is 12.0 Å². The topological polar surface area (TPSA) is 115 Å². The van der Waals surface area contributed by atoms with Crippen molar-refractivity contribution in [2.45, 2.75) is 69.2 Å². The van der Waals surface area contributed by atoms with Gasteiger partial charge in [0, 0.05) is 29.1 Å². The molecule has 1 aromatic carbocycles. The summed E-state index contributed by atoms with van der Waals surface area (Å²) >= 11 is 14.1. The fourth-order valence-corrected chi connectivity index (χ4v) is 7.17. The number of aromatic nitrogens is 3. The molecule has 2 unspecified atom stereocenters. The van der Waals surface area contributed by atoms with Crippen LogP contribution in [0.5, 0.6) is 0 Å². The van der Waals surface area contributed by atoms with Crippen LogP contribution in [0, 0.1) is 0 Å². The minimum absolute atomic E-state index is 0.0630. The van der Waals surface area contributed by atoms with Crippen molar-refractivity contribution in [1.82, 2.24) is 15.3 Å². The van der Waals surface area contributed by atoms with E-state index in [-0.39, 0.29) is 23.1 Å². The number of nitrogens with zero attached hydrogens (tertiary/aromatic N) is 4. The number of anilines is 1. The quantitative estimate of drug-likeness (QED) is 0.232. The molecule has 2 atom stereocenters. The molecule has 3 fully saturated rings. The van der Waals surface area contributed by atoms with E-state index in [0.29, 0.717) is 50.5 Å². The highest BCUT2D eigenvalue weighted by Gasteiger charge is 2.44. The second-order valence-electron chi connectivity index (χ2n) is 10.3. The van der Waals surface area contributed by atoms with Crippen LogP contribution >= 0.6 is 34.5 Å². The highest BCUT2D eigenvalue weighted by atomic mass is 35.5. The number of benzene rings is 1. The molecule has 12 heteroatoms. The molecule has 0 amide bonds. The third kappa shape index (κ3) is 4.63. The SMILES string of the molecule is O=C(O)c1ccc(-c2noc(N3C4CCC3CC(OCc3c(-c5c(Cl)cccc5Cl)noc3C3CC3)C4)n2)s1. The molecule has 0 spiro atoms. The molecule has 3 aliphatic rings. The number of carboxylic acid groups (broad SMARTS) is 1. The van der Waals surface area contributed by atoms with E-state index in [2.05, 4.69) is 20.2 Å². The lowest BCUT2D eigenvalue weighted by Gasteiger charge is -2.37. The number of aromatic carboxylic acids is 1. The molecule has 3 aromatic heterocycles. The Bertz CT molecular complexity index is 1510. The van der Waals surface area contributed by atoms with Crippen molar-refractivity contribution in [2.24, 2.45) is 0 Å². The van der Waals surface area contributed by atoms with Crippen LogP contribution in [0.15, 0.2) is 39.4 Å². The summed E-state index contributed by atoms with van der Waals surface area (Å²) in [5, 5.41) is 18.8. The Labute approximate surface area is 237 Å². The summed E-state index contributed by atoms with van der Waals surface area (Å²) in [6, 6.07) is 9.62. The van der Waals surface area contributed by atoms with Gasteiger partial charge in [0.1, 0.15) is 16.3 Å². The molecular weight excluding hydrogens is 563 g/mol. The lowest BCUT2D eigenvalue weighted by atomic mass is 9.99. The average Bonchev–Trinajstić information content (AvgIpc) is 3.25. The summed E-state index contributed by atoms with van der Waals surface area (Å²) in [5.74, 6) is 0.684. The zero-order valence-corrected chi connectivity index (χ0v) is 23.0. The first-order valence-corrected chi connectivity index (χ1v) is 14.5. The van der Waals surface area contributed by atoms with Crippen molar-refractivity contribution in [3.8, 4) is 22.0 Å². The number of hydrogen-bond donors (Lipinski definition) is 1. The molecule has 2 saturated heterocycles. The van der Waals surface area contributed by atoms with E-state index in [4.69, 9.17) is 37.0 Å². The number of carboxylic acids is 1. The van der Waals surface area contributed by atoms with Gasteiger partial charge in [-0.05, 0) is 62.8 Å². The lowest BCUT2D eigenvalue weighted by molar-refractivity contribution is 0.0138. The standard InChI is InChI=1S/C27H24Cl2N4O5S/c28-18-2-1-3-19(29)22(18)23-17(24(37-31-23)13-4-5-13)12-36-16-10-14-6-7-15(11-16)33(14)27-30-25(32-38-27)20-8-9-21(39-20)26(34)35/h1-3,8-9,13-16H,4-7,10-12H2,(H,34,35). The van der Waals surface area contributed by atoms with Crippen molar-refractivity contribution >= 4 is 46.5 Å². The van der Waals surface area contributed by atoms with Crippen molar-refractivity contribution in [2.75, 3.05) is 4.90 Å². The summed E-state index contributed by atoms with van der Waals surface area (Å²) in [7, 11) is 0. The number of thiophene rings is 1. The second-order valence-corrected chi connectivity index (χ2v) is 12.2. The monoisotopic (exact) mass is 586 g/mol. The molecule has 2 aliphatic heterocycles. The van der Waals surface area contributed by atoms with Gasteiger partial charge in [-0.3, -0.25) is 0 Å². The minimum Gasteiger partial charge on any atom is -0.477 e. The predicted molar refractivity (Wildman–Crippen MR) is 146 cm³/mol. The zero-order valence-electron chi connectivity index (χ0n) is 20.7. The van der Waals surface area contributed by atoms with Gasteiger partial charge in [0.15, 0.2) is 0 Å². The predicted octanol–water partition coefficient (Wildman–Crippen LogP) is 7.05. The van der Waals surface area contributed by atoms with E-state index >= 15 is 0 Å². The van der Waals surface area contributed by atoms with Gasteiger partial charge in [-0.15, -0.1) is 11.3 Å².